The summed E-state index contributed by atoms with van der Waals surface area (Å²) in [5.41, 5.74) is -2.59. The number of para-hydroxylation sites is 1. The number of rotatable bonds is 3. The second kappa shape index (κ2) is 5.17. The first-order chi connectivity index (χ1) is 9.61. The summed E-state index contributed by atoms with van der Waals surface area (Å²) in [5.74, 6) is -0.138. The maximum Gasteiger partial charge on any atom is 0.418 e. The van der Waals surface area contributed by atoms with Crippen molar-refractivity contribution in [2.24, 2.45) is 0 Å². The van der Waals surface area contributed by atoms with Gasteiger partial charge in [-0.1, -0.05) is 19.1 Å². The lowest BCUT2D eigenvalue weighted by Gasteiger charge is -2.27. The van der Waals surface area contributed by atoms with Crippen LogP contribution < -0.4 is 4.90 Å². The molecule has 2 rings (SSSR count). The van der Waals surface area contributed by atoms with Crippen molar-refractivity contribution < 1.29 is 26.7 Å². The van der Waals surface area contributed by atoms with Crippen LogP contribution >= 0.6 is 0 Å². The largest absolute Gasteiger partial charge is 0.418 e. The molecule has 0 bridgehead atoms. The molecule has 1 aromatic rings. The molecule has 0 aromatic heterocycles. The van der Waals surface area contributed by atoms with E-state index < -0.39 is 34.6 Å². The van der Waals surface area contributed by atoms with Crippen LogP contribution in [0.5, 0.6) is 0 Å². The van der Waals surface area contributed by atoms with Gasteiger partial charge in [0.1, 0.15) is 0 Å². The highest BCUT2D eigenvalue weighted by molar-refractivity contribution is 7.91. The van der Waals surface area contributed by atoms with Crippen LogP contribution in [0.25, 0.3) is 0 Å². The SMILES string of the molecule is CCS(=O)(=O)c1ccccc1N1CC[C@@](O)(C(F)(F)F)C1. The van der Waals surface area contributed by atoms with Gasteiger partial charge in [0.15, 0.2) is 15.4 Å². The van der Waals surface area contributed by atoms with E-state index in [1.807, 2.05) is 0 Å². The van der Waals surface area contributed by atoms with E-state index in [1.54, 1.807) is 6.07 Å². The minimum absolute atomic E-state index is 0.000996. The van der Waals surface area contributed by atoms with Gasteiger partial charge in [-0.05, 0) is 12.1 Å². The first kappa shape index (κ1) is 16.1. The molecule has 0 radical (unpaired) electrons. The van der Waals surface area contributed by atoms with Crippen LogP contribution in [0.4, 0.5) is 18.9 Å². The van der Waals surface area contributed by atoms with Crippen molar-refractivity contribution in [3.05, 3.63) is 24.3 Å². The molecule has 1 fully saturated rings. The summed E-state index contributed by atoms with van der Waals surface area (Å²) in [5, 5.41) is 9.69. The van der Waals surface area contributed by atoms with Crippen molar-refractivity contribution in [1.82, 2.24) is 0 Å². The molecule has 21 heavy (non-hydrogen) atoms. The fraction of sp³-hybridized carbons (Fsp3) is 0.538. The maximum atomic E-state index is 12.8. The van der Waals surface area contributed by atoms with E-state index in [4.69, 9.17) is 0 Å². The molecule has 0 amide bonds. The Labute approximate surface area is 121 Å². The highest BCUT2D eigenvalue weighted by atomic mass is 32.2. The number of aliphatic hydroxyl groups is 1. The van der Waals surface area contributed by atoms with E-state index >= 15 is 0 Å². The van der Waals surface area contributed by atoms with Crippen molar-refractivity contribution in [2.45, 2.75) is 30.0 Å². The highest BCUT2D eigenvalue weighted by Crippen LogP contribution is 2.40. The van der Waals surface area contributed by atoms with Crippen LogP contribution in [0.3, 0.4) is 0 Å². The number of anilines is 1. The average molecular weight is 323 g/mol. The Morgan fingerprint density at radius 1 is 1.33 bits per heavy atom. The number of halogens is 3. The van der Waals surface area contributed by atoms with Crippen molar-refractivity contribution in [1.29, 1.82) is 0 Å². The summed E-state index contributed by atoms with van der Waals surface area (Å²) in [6.07, 6.45) is -5.21. The molecule has 0 saturated carbocycles. The van der Waals surface area contributed by atoms with Crippen LogP contribution in [-0.2, 0) is 9.84 Å². The Hall–Kier alpha value is -1.28. The summed E-state index contributed by atoms with van der Waals surface area (Å²) in [7, 11) is -3.54. The zero-order valence-electron chi connectivity index (χ0n) is 11.4. The first-order valence-corrected chi connectivity index (χ1v) is 8.12. The van der Waals surface area contributed by atoms with Gasteiger partial charge in [-0.15, -0.1) is 0 Å². The molecule has 1 atom stereocenters. The van der Waals surface area contributed by atoms with Gasteiger partial charge in [0.2, 0.25) is 0 Å². The van der Waals surface area contributed by atoms with E-state index in [1.165, 1.54) is 30.0 Å². The zero-order chi connectivity index (χ0) is 15.9. The number of hydrogen-bond acceptors (Lipinski definition) is 4. The van der Waals surface area contributed by atoms with Gasteiger partial charge >= 0.3 is 6.18 Å². The van der Waals surface area contributed by atoms with Crippen LogP contribution in [0.15, 0.2) is 29.2 Å². The van der Waals surface area contributed by atoms with Gasteiger partial charge < -0.3 is 10.0 Å². The lowest BCUT2D eigenvalue weighted by Crippen LogP contribution is -2.47. The smallest absolute Gasteiger partial charge is 0.379 e. The number of alkyl halides is 3. The van der Waals surface area contributed by atoms with Crippen LogP contribution in [0.2, 0.25) is 0 Å². The Morgan fingerprint density at radius 2 is 1.95 bits per heavy atom. The second-order valence-electron chi connectivity index (χ2n) is 5.07. The standard InChI is InChI=1S/C13H16F3NO3S/c1-2-21(19,20)11-6-4-3-5-10(11)17-8-7-12(18,9-17)13(14,15)16/h3-6,18H,2,7-9H2,1H3/t12-/m0/s1. The lowest BCUT2D eigenvalue weighted by atomic mass is 10.0. The molecule has 0 unspecified atom stereocenters. The monoisotopic (exact) mass is 323 g/mol. The molecule has 1 aliphatic heterocycles. The Kier molecular flexibility index (Phi) is 3.96. The van der Waals surface area contributed by atoms with E-state index in [2.05, 4.69) is 0 Å². The van der Waals surface area contributed by atoms with E-state index in [9.17, 15) is 26.7 Å². The second-order valence-corrected chi connectivity index (χ2v) is 7.32. The average Bonchev–Trinajstić information content (AvgIpc) is 2.82. The molecular formula is C13H16F3NO3S. The van der Waals surface area contributed by atoms with Crippen molar-refractivity contribution in [3.8, 4) is 0 Å². The Morgan fingerprint density at radius 3 is 2.48 bits per heavy atom. The van der Waals surface area contributed by atoms with E-state index in [0.29, 0.717) is 0 Å². The molecule has 118 valence electrons. The van der Waals surface area contributed by atoms with E-state index in [-0.39, 0.29) is 22.9 Å². The molecule has 1 aromatic carbocycles. The molecule has 0 aliphatic carbocycles. The van der Waals surface area contributed by atoms with Crippen molar-refractivity contribution in [3.63, 3.8) is 0 Å². The maximum absolute atomic E-state index is 12.8. The topological polar surface area (TPSA) is 57.6 Å². The lowest BCUT2D eigenvalue weighted by molar-refractivity contribution is -0.250. The van der Waals surface area contributed by atoms with Gasteiger partial charge in [0.25, 0.3) is 0 Å². The van der Waals surface area contributed by atoms with Gasteiger partial charge in [-0.3, -0.25) is 0 Å². The fourth-order valence-electron chi connectivity index (χ4n) is 2.37. The van der Waals surface area contributed by atoms with Crippen molar-refractivity contribution in [2.75, 3.05) is 23.7 Å². The third-order valence-corrected chi connectivity index (χ3v) is 5.47. The Balaban J connectivity index is 2.38. The molecule has 1 N–H and O–H groups in total. The molecule has 1 saturated heterocycles. The zero-order valence-corrected chi connectivity index (χ0v) is 12.2. The quantitative estimate of drug-likeness (QED) is 0.924. The summed E-state index contributed by atoms with van der Waals surface area (Å²) < 4.78 is 62.6. The molecule has 1 heterocycles. The molecular weight excluding hydrogens is 307 g/mol. The molecule has 4 nitrogen and oxygen atoms in total. The first-order valence-electron chi connectivity index (χ1n) is 6.46. The van der Waals surface area contributed by atoms with Crippen molar-refractivity contribution >= 4 is 15.5 Å². The number of hydrogen-bond donors (Lipinski definition) is 1. The predicted octanol–water partition coefficient (Wildman–Crippen LogP) is 1.98. The summed E-state index contributed by atoms with van der Waals surface area (Å²) in [6, 6.07) is 5.93. The summed E-state index contributed by atoms with van der Waals surface area (Å²) in [6.45, 7) is 0.765. The molecule has 0 spiro atoms. The normalized spacial score (nSPS) is 23.6. The van der Waals surface area contributed by atoms with Gasteiger partial charge in [-0.25, -0.2) is 8.42 Å². The fourth-order valence-corrected chi connectivity index (χ4v) is 3.48. The van der Waals surface area contributed by atoms with E-state index in [0.717, 1.165) is 0 Å². The Bertz CT molecular complexity index is 630. The van der Waals surface area contributed by atoms with Gasteiger partial charge in [0.05, 0.1) is 22.9 Å². The van der Waals surface area contributed by atoms with Crippen LogP contribution in [-0.4, -0.2) is 44.1 Å². The minimum Gasteiger partial charge on any atom is -0.379 e. The van der Waals surface area contributed by atoms with Crippen LogP contribution in [0.1, 0.15) is 13.3 Å². The number of sulfone groups is 1. The number of nitrogens with zero attached hydrogens (tertiary/aromatic N) is 1. The van der Waals surface area contributed by atoms with Gasteiger partial charge in [0, 0.05) is 13.0 Å². The number of β-amino-alcohol motifs (C(OH)–C–C–N with tert-alkyl or cyclic N) is 1. The predicted molar refractivity (Wildman–Crippen MR) is 72.0 cm³/mol. The third kappa shape index (κ3) is 2.87. The van der Waals surface area contributed by atoms with Crippen LogP contribution in [0, 0.1) is 0 Å². The summed E-state index contributed by atoms with van der Waals surface area (Å²) >= 11 is 0. The number of benzene rings is 1. The minimum atomic E-state index is -4.74. The molecule has 8 heteroatoms. The third-order valence-electron chi connectivity index (χ3n) is 3.70. The summed E-state index contributed by atoms with van der Waals surface area (Å²) in [4.78, 5) is 1.27. The highest BCUT2D eigenvalue weighted by Gasteiger charge is 2.57. The molecule has 1 aliphatic rings. The van der Waals surface area contributed by atoms with Gasteiger partial charge in [-0.2, -0.15) is 13.2 Å².